The van der Waals surface area contributed by atoms with Gasteiger partial charge in [-0.3, -0.25) is 0 Å². The fraction of sp³-hybridized carbons (Fsp3) is 0.933. The summed E-state index contributed by atoms with van der Waals surface area (Å²) < 4.78 is 0. The number of carbonyl (C=O) groups excluding carboxylic acids is 1. The number of carbonyl (C=O) groups is 1. The first-order valence-corrected chi connectivity index (χ1v) is 7.81. The summed E-state index contributed by atoms with van der Waals surface area (Å²) in [5.74, 6) is 0.555. The SMILES string of the molecule is C[C@@H]1CNCC[C@H]1N(C(=O)N(C)C)C1CCCCC1. The predicted octanol–water partition coefficient (Wildman–Crippen LogP) is 2.30. The topological polar surface area (TPSA) is 35.6 Å². The van der Waals surface area contributed by atoms with Gasteiger partial charge in [-0.25, -0.2) is 4.79 Å². The molecule has 1 N–H and O–H groups in total. The molecule has 0 spiro atoms. The maximum absolute atomic E-state index is 12.6. The maximum atomic E-state index is 12.6. The number of hydrogen-bond acceptors (Lipinski definition) is 2. The van der Waals surface area contributed by atoms with Gasteiger partial charge in [-0.1, -0.05) is 26.2 Å². The number of nitrogens with one attached hydrogen (secondary N) is 1. The van der Waals surface area contributed by atoms with Crippen LogP contribution in [-0.2, 0) is 0 Å². The third-order valence-electron chi connectivity index (χ3n) is 4.67. The Balaban J connectivity index is 2.14. The van der Waals surface area contributed by atoms with Crippen LogP contribution in [0.25, 0.3) is 0 Å². The Hall–Kier alpha value is -0.770. The van der Waals surface area contributed by atoms with Gasteiger partial charge in [0, 0.05) is 26.2 Å². The Morgan fingerprint density at radius 3 is 2.37 bits per heavy atom. The summed E-state index contributed by atoms with van der Waals surface area (Å²) >= 11 is 0. The quantitative estimate of drug-likeness (QED) is 0.833. The molecule has 2 fully saturated rings. The Labute approximate surface area is 117 Å². The predicted molar refractivity (Wildman–Crippen MR) is 78.2 cm³/mol. The summed E-state index contributed by atoms with van der Waals surface area (Å²) in [5, 5.41) is 3.44. The molecule has 0 bridgehead atoms. The van der Waals surface area contributed by atoms with Crippen molar-refractivity contribution in [1.82, 2.24) is 15.1 Å². The van der Waals surface area contributed by atoms with Crippen LogP contribution in [0.5, 0.6) is 0 Å². The van der Waals surface area contributed by atoms with Crippen molar-refractivity contribution >= 4 is 6.03 Å². The van der Waals surface area contributed by atoms with Gasteiger partial charge >= 0.3 is 6.03 Å². The molecule has 4 heteroatoms. The minimum absolute atomic E-state index is 0.214. The number of amides is 2. The molecule has 2 aliphatic rings. The van der Waals surface area contributed by atoms with Crippen LogP contribution in [0.3, 0.4) is 0 Å². The summed E-state index contributed by atoms with van der Waals surface area (Å²) in [6.45, 7) is 4.35. The second-order valence-corrected chi connectivity index (χ2v) is 6.41. The lowest BCUT2D eigenvalue weighted by Gasteiger charge is -2.45. The van der Waals surface area contributed by atoms with E-state index in [1.54, 1.807) is 4.90 Å². The Morgan fingerprint density at radius 2 is 1.79 bits per heavy atom. The number of hydrogen-bond donors (Lipinski definition) is 1. The third kappa shape index (κ3) is 3.41. The van der Waals surface area contributed by atoms with Crippen LogP contribution in [0, 0.1) is 5.92 Å². The Bertz CT molecular complexity index is 300. The summed E-state index contributed by atoms with van der Waals surface area (Å²) in [5.41, 5.74) is 0. The summed E-state index contributed by atoms with van der Waals surface area (Å²) in [4.78, 5) is 16.6. The highest BCUT2D eigenvalue weighted by Crippen LogP contribution is 2.29. The Kier molecular flexibility index (Phi) is 5.08. The number of nitrogens with zero attached hydrogens (tertiary/aromatic N) is 2. The zero-order valence-corrected chi connectivity index (χ0v) is 12.7. The molecule has 1 heterocycles. The monoisotopic (exact) mass is 267 g/mol. The van der Waals surface area contributed by atoms with Gasteiger partial charge in [0.25, 0.3) is 0 Å². The van der Waals surface area contributed by atoms with Crippen molar-refractivity contribution in [3.8, 4) is 0 Å². The normalized spacial score (nSPS) is 29.0. The van der Waals surface area contributed by atoms with E-state index < -0.39 is 0 Å². The highest BCUT2D eigenvalue weighted by molar-refractivity contribution is 5.74. The lowest BCUT2D eigenvalue weighted by molar-refractivity contribution is 0.0698. The summed E-state index contributed by atoms with van der Waals surface area (Å²) in [7, 11) is 3.76. The molecule has 2 amide bonds. The molecule has 19 heavy (non-hydrogen) atoms. The van der Waals surface area contributed by atoms with Crippen LogP contribution in [0.4, 0.5) is 4.79 Å². The second kappa shape index (κ2) is 6.60. The van der Waals surface area contributed by atoms with Crippen LogP contribution in [0.2, 0.25) is 0 Å². The van der Waals surface area contributed by atoms with Crippen molar-refractivity contribution in [3.05, 3.63) is 0 Å². The van der Waals surface area contributed by atoms with E-state index in [1.807, 2.05) is 14.1 Å². The lowest BCUT2D eigenvalue weighted by Crippen LogP contribution is -2.57. The van der Waals surface area contributed by atoms with Gasteiger partial charge in [-0.05, 0) is 38.3 Å². The fourth-order valence-corrected chi connectivity index (χ4v) is 3.57. The average Bonchev–Trinajstić information content (AvgIpc) is 2.42. The molecule has 2 atom stereocenters. The van der Waals surface area contributed by atoms with E-state index in [2.05, 4.69) is 17.1 Å². The van der Waals surface area contributed by atoms with Gasteiger partial charge in [-0.2, -0.15) is 0 Å². The first-order valence-electron chi connectivity index (χ1n) is 7.81. The van der Waals surface area contributed by atoms with Crippen molar-refractivity contribution in [1.29, 1.82) is 0 Å². The summed E-state index contributed by atoms with van der Waals surface area (Å²) in [6, 6.07) is 1.10. The molecular weight excluding hydrogens is 238 g/mol. The molecule has 1 aliphatic heterocycles. The highest BCUT2D eigenvalue weighted by Gasteiger charge is 2.36. The van der Waals surface area contributed by atoms with Gasteiger partial charge < -0.3 is 15.1 Å². The minimum Gasteiger partial charge on any atom is -0.331 e. The molecule has 0 aromatic carbocycles. The van der Waals surface area contributed by atoms with E-state index in [0.29, 0.717) is 18.0 Å². The molecule has 1 saturated carbocycles. The largest absolute Gasteiger partial charge is 0.331 e. The molecule has 0 aromatic heterocycles. The number of piperidine rings is 1. The van der Waals surface area contributed by atoms with E-state index in [4.69, 9.17) is 0 Å². The van der Waals surface area contributed by atoms with Crippen molar-refractivity contribution in [2.24, 2.45) is 5.92 Å². The average molecular weight is 267 g/mol. The first-order chi connectivity index (χ1) is 9.11. The number of rotatable bonds is 2. The van der Waals surface area contributed by atoms with Crippen molar-refractivity contribution in [2.45, 2.75) is 57.5 Å². The molecule has 4 nitrogen and oxygen atoms in total. The molecule has 110 valence electrons. The third-order valence-corrected chi connectivity index (χ3v) is 4.67. The Morgan fingerprint density at radius 1 is 1.11 bits per heavy atom. The molecular formula is C15H29N3O. The summed E-state index contributed by atoms with van der Waals surface area (Å²) in [6.07, 6.45) is 7.37. The molecule has 2 rings (SSSR count). The van der Waals surface area contributed by atoms with Crippen molar-refractivity contribution in [2.75, 3.05) is 27.2 Å². The van der Waals surface area contributed by atoms with Crippen LogP contribution >= 0.6 is 0 Å². The van der Waals surface area contributed by atoms with Crippen LogP contribution in [0.15, 0.2) is 0 Å². The molecule has 0 unspecified atom stereocenters. The van der Waals surface area contributed by atoms with Crippen molar-refractivity contribution in [3.63, 3.8) is 0 Å². The van der Waals surface area contributed by atoms with Gasteiger partial charge in [0.15, 0.2) is 0 Å². The van der Waals surface area contributed by atoms with E-state index in [0.717, 1.165) is 19.5 Å². The first kappa shape index (κ1) is 14.6. The lowest BCUT2D eigenvalue weighted by atomic mass is 9.88. The zero-order chi connectivity index (χ0) is 13.8. The number of urea groups is 1. The van der Waals surface area contributed by atoms with Crippen molar-refractivity contribution < 1.29 is 4.79 Å². The molecule has 1 aliphatic carbocycles. The molecule has 0 radical (unpaired) electrons. The van der Waals surface area contributed by atoms with E-state index in [-0.39, 0.29) is 6.03 Å². The van der Waals surface area contributed by atoms with Gasteiger partial charge in [0.2, 0.25) is 0 Å². The minimum atomic E-state index is 0.214. The molecule has 1 saturated heterocycles. The molecule has 0 aromatic rings. The van der Waals surface area contributed by atoms with E-state index in [1.165, 1.54) is 32.1 Å². The standard InChI is InChI=1S/C15H29N3O/c1-12-11-16-10-9-14(12)18(15(19)17(2)3)13-7-5-4-6-8-13/h12-14,16H,4-11H2,1-3H3/t12-,14-/m1/s1. The maximum Gasteiger partial charge on any atom is 0.319 e. The van der Waals surface area contributed by atoms with E-state index in [9.17, 15) is 4.79 Å². The van der Waals surface area contributed by atoms with Crippen LogP contribution < -0.4 is 5.32 Å². The zero-order valence-electron chi connectivity index (χ0n) is 12.7. The van der Waals surface area contributed by atoms with Gasteiger partial charge in [0.1, 0.15) is 0 Å². The highest BCUT2D eigenvalue weighted by atomic mass is 16.2. The second-order valence-electron chi connectivity index (χ2n) is 6.41. The fourth-order valence-electron chi connectivity index (χ4n) is 3.57. The smallest absolute Gasteiger partial charge is 0.319 e. The van der Waals surface area contributed by atoms with Crippen LogP contribution in [0.1, 0.15) is 45.4 Å². The van der Waals surface area contributed by atoms with E-state index >= 15 is 0 Å². The van der Waals surface area contributed by atoms with Gasteiger partial charge in [0.05, 0.1) is 0 Å². The van der Waals surface area contributed by atoms with Gasteiger partial charge in [-0.15, -0.1) is 0 Å². The van der Waals surface area contributed by atoms with Crippen LogP contribution in [-0.4, -0.2) is 55.1 Å².